The number of piperazine rings is 1. The Morgan fingerprint density at radius 3 is 2.47 bits per heavy atom. The molecule has 1 unspecified atom stereocenters. The molecule has 1 atom stereocenters. The molecule has 2 N–H and O–H groups in total. The number of hydrogen-bond acceptors (Lipinski definition) is 8. The number of halogens is 1. The molecule has 1 aromatic carbocycles. The van der Waals surface area contributed by atoms with E-state index in [2.05, 4.69) is 11.9 Å². The molecule has 0 spiro atoms. The predicted molar refractivity (Wildman–Crippen MR) is 168 cm³/mol. The van der Waals surface area contributed by atoms with Crippen molar-refractivity contribution in [1.82, 2.24) is 19.1 Å². The Morgan fingerprint density at radius 2 is 1.86 bits per heavy atom. The van der Waals surface area contributed by atoms with E-state index in [1.165, 1.54) is 19.1 Å². The average molecular weight is 630 g/mol. The van der Waals surface area contributed by atoms with Crippen molar-refractivity contribution in [2.45, 2.75) is 57.6 Å². The third-order valence-corrected chi connectivity index (χ3v) is 8.78. The van der Waals surface area contributed by atoms with Gasteiger partial charge in [-0.05, 0) is 68.3 Å². The number of ether oxygens (including phenoxy) is 2. The molecular weight excluding hydrogens is 590 g/mol. The van der Waals surface area contributed by atoms with Crippen LogP contribution in [-0.4, -0.2) is 88.7 Å². The SMILES string of the molecule is CCOC(=O)C1CCN(C(=N)c2ccc(CN3C(=O)CN(Sc4cc(/C=C(\C)Cl)c(CC)[nH]4)CC3C(=O)OC)cc2)CC1. The summed E-state index contributed by atoms with van der Waals surface area (Å²) in [5, 5.41) is 10.2. The molecule has 2 saturated heterocycles. The second kappa shape index (κ2) is 14.9. The summed E-state index contributed by atoms with van der Waals surface area (Å²) < 4.78 is 12.1. The second-order valence-corrected chi connectivity index (χ2v) is 12.4. The molecule has 0 bridgehead atoms. The van der Waals surface area contributed by atoms with Crippen molar-refractivity contribution in [2.24, 2.45) is 5.92 Å². The number of amides is 1. The van der Waals surface area contributed by atoms with Gasteiger partial charge in [-0.1, -0.05) is 42.8 Å². The Labute approximate surface area is 262 Å². The van der Waals surface area contributed by atoms with Gasteiger partial charge in [0.1, 0.15) is 11.9 Å². The van der Waals surface area contributed by atoms with Crippen LogP contribution < -0.4 is 0 Å². The molecule has 0 radical (unpaired) electrons. The number of aryl methyl sites for hydroxylation is 1. The molecular formula is C31H40ClN5O5S. The minimum Gasteiger partial charge on any atom is -0.467 e. The first-order valence-electron chi connectivity index (χ1n) is 14.6. The zero-order chi connectivity index (χ0) is 31.1. The number of esters is 2. The Balaban J connectivity index is 1.39. The monoisotopic (exact) mass is 629 g/mol. The number of aromatic nitrogens is 1. The van der Waals surface area contributed by atoms with Gasteiger partial charge in [0, 0.05) is 42.5 Å². The van der Waals surface area contributed by atoms with Gasteiger partial charge in [-0.3, -0.25) is 15.0 Å². The van der Waals surface area contributed by atoms with Gasteiger partial charge in [0.2, 0.25) is 5.91 Å². The highest BCUT2D eigenvalue weighted by atomic mass is 35.5. The van der Waals surface area contributed by atoms with Gasteiger partial charge in [0.15, 0.2) is 0 Å². The molecule has 43 heavy (non-hydrogen) atoms. The minimum atomic E-state index is -0.762. The summed E-state index contributed by atoms with van der Waals surface area (Å²) in [6, 6.07) is 8.74. The van der Waals surface area contributed by atoms with Gasteiger partial charge >= 0.3 is 11.9 Å². The van der Waals surface area contributed by atoms with Gasteiger partial charge < -0.3 is 24.3 Å². The first-order valence-corrected chi connectivity index (χ1v) is 15.7. The highest BCUT2D eigenvalue weighted by Crippen LogP contribution is 2.30. The summed E-state index contributed by atoms with van der Waals surface area (Å²) in [6.45, 7) is 8.02. The molecule has 2 aliphatic heterocycles. The molecule has 1 amide bonds. The van der Waals surface area contributed by atoms with Crippen LogP contribution in [0.2, 0.25) is 0 Å². The number of allylic oxidation sites excluding steroid dienone is 1. The zero-order valence-corrected chi connectivity index (χ0v) is 26.7. The summed E-state index contributed by atoms with van der Waals surface area (Å²) >= 11 is 7.50. The van der Waals surface area contributed by atoms with Crippen molar-refractivity contribution in [3.63, 3.8) is 0 Å². The maximum Gasteiger partial charge on any atom is 0.329 e. The normalized spacial score (nSPS) is 18.6. The second-order valence-electron chi connectivity index (χ2n) is 10.7. The first-order chi connectivity index (χ1) is 20.6. The summed E-state index contributed by atoms with van der Waals surface area (Å²) in [4.78, 5) is 45.2. The average Bonchev–Trinajstić information content (AvgIpc) is 3.38. The van der Waals surface area contributed by atoms with Crippen LogP contribution in [0.5, 0.6) is 0 Å². The lowest BCUT2D eigenvalue weighted by Gasteiger charge is -2.38. The molecule has 0 aliphatic carbocycles. The van der Waals surface area contributed by atoms with Gasteiger partial charge in [0.05, 0.1) is 31.2 Å². The van der Waals surface area contributed by atoms with E-state index in [1.54, 1.807) is 11.8 Å². The summed E-state index contributed by atoms with van der Waals surface area (Å²) in [6.07, 6.45) is 4.04. The molecule has 10 nitrogen and oxygen atoms in total. The zero-order valence-electron chi connectivity index (χ0n) is 25.2. The van der Waals surface area contributed by atoms with Crippen LogP contribution in [-0.2, 0) is 36.8 Å². The summed E-state index contributed by atoms with van der Waals surface area (Å²) in [5.74, 6) is -0.508. The minimum absolute atomic E-state index is 0.114. The number of hydrogen-bond donors (Lipinski definition) is 2. The van der Waals surface area contributed by atoms with Crippen LogP contribution in [0.15, 0.2) is 40.4 Å². The summed E-state index contributed by atoms with van der Waals surface area (Å²) in [7, 11) is 1.33. The van der Waals surface area contributed by atoms with E-state index in [-0.39, 0.29) is 30.9 Å². The Bertz CT molecular complexity index is 1350. The van der Waals surface area contributed by atoms with Crippen LogP contribution >= 0.6 is 23.5 Å². The van der Waals surface area contributed by atoms with Crippen molar-refractivity contribution >= 4 is 53.3 Å². The fourth-order valence-corrected chi connectivity index (χ4v) is 6.57. The molecule has 12 heteroatoms. The van der Waals surface area contributed by atoms with Crippen molar-refractivity contribution in [3.05, 3.63) is 57.7 Å². The van der Waals surface area contributed by atoms with E-state index in [0.717, 1.165) is 33.8 Å². The number of likely N-dealkylation sites (tertiary alicyclic amines) is 1. The molecule has 4 rings (SSSR count). The fraction of sp³-hybridized carbons (Fsp3) is 0.484. The lowest BCUT2D eigenvalue weighted by molar-refractivity contribution is -0.156. The van der Waals surface area contributed by atoms with Crippen molar-refractivity contribution < 1.29 is 23.9 Å². The summed E-state index contributed by atoms with van der Waals surface area (Å²) in [5.41, 5.74) is 3.66. The number of nitrogens with one attached hydrogen (secondary N) is 2. The number of carbonyl (C=O) groups is 3. The van der Waals surface area contributed by atoms with Gasteiger partial charge in [-0.15, -0.1) is 0 Å². The fourth-order valence-electron chi connectivity index (χ4n) is 5.43. The van der Waals surface area contributed by atoms with E-state index in [4.69, 9.17) is 26.5 Å². The van der Waals surface area contributed by atoms with Gasteiger partial charge in [0.25, 0.3) is 0 Å². The van der Waals surface area contributed by atoms with E-state index in [1.807, 2.05) is 52.5 Å². The maximum absolute atomic E-state index is 13.4. The number of methoxy groups -OCH3 is 1. The number of H-pyrrole nitrogens is 1. The largest absolute Gasteiger partial charge is 0.467 e. The van der Waals surface area contributed by atoms with E-state index >= 15 is 0 Å². The highest BCUT2D eigenvalue weighted by molar-refractivity contribution is 7.97. The van der Waals surface area contributed by atoms with Crippen LogP contribution in [0.4, 0.5) is 0 Å². The highest BCUT2D eigenvalue weighted by Gasteiger charge is 2.38. The number of amidine groups is 1. The number of nitrogens with zero attached hydrogens (tertiary/aromatic N) is 3. The van der Waals surface area contributed by atoms with Crippen LogP contribution in [0.25, 0.3) is 6.08 Å². The molecule has 3 heterocycles. The Kier molecular flexibility index (Phi) is 11.3. The molecule has 232 valence electrons. The molecule has 2 fully saturated rings. The molecule has 2 aliphatic rings. The van der Waals surface area contributed by atoms with E-state index in [0.29, 0.717) is 50.0 Å². The third kappa shape index (κ3) is 8.21. The number of carbonyl (C=O) groups excluding carboxylic acids is 3. The molecule has 1 aromatic heterocycles. The van der Waals surface area contributed by atoms with Crippen LogP contribution in [0.1, 0.15) is 56.0 Å². The van der Waals surface area contributed by atoms with Crippen molar-refractivity contribution in [1.29, 1.82) is 5.41 Å². The molecule has 0 saturated carbocycles. The van der Waals surface area contributed by atoms with E-state index in [9.17, 15) is 14.4 Å². The van der Waals surface area contributed by atoms with Crippen molar-refractivity contribution in [3.8, 4) is 0 Å². The van der Waals surface area contributed by atoms with Gasteiger partial charge in [-0.2, -0.15) is 0 Å². The Hall–Kier alpha value is -3.28. The number of piperidine rings is 1. The van der Waals surface area contributed by atoms with Crippen molar-refractivity contribution in [2.75, 3.05) is 39.9 Å². The first kappa shape index (κ1) is 32.6. The predicted octanol–water partition coefficient (Wildman–Crippen LogP) is 4.67. The quantitative estimate of drug-likeness (QED) is 0.168. The lowest BCUT2D eigenvalue weighted by Crippen LogP contribution is -2.57. The lowest BCUT2D eigenvalue weighted by atomic mass is 9.96. The smallest absolute Gasteiger partial charge is 0.329 e. The van der Waals surface area contributed by atoms with Crippen LogP contribution in [0, 0.1) is 11.3 Å². The molecule has 2 aromatic rings. The maximum atomic E-state index is 13.4. The number of rotatable bonds is 10. The van der Waals surface area contributed by atoms with Crippen LogP contribution in [0.3, 0.4) is 0 Å². The number of aromatic amines is 1. The third-order valence-electron chi connectivity index (χ3n) is 7.71. The van der Waals surface area contributed by atoms with Gasteiger partial charge in [-0.25, -0.2) is 9.10 Å². The number of benzene rings is 1. The Morgan fingerprint density at radius 1 is 1.16 bits per heavy atom. The topological polar surface area (TPSA) is 119 Å². The standard InChI is InChI=1S/C31H40ClN5O5S/c1-5-25-24(15-20(3)32)16-27(34-25)43-36-18-26(31(40)41-4)37(28(38)19-36)17-21-7-9-22(10-8-21)29(33)35-13-11-23(12-14-35)30(39)42-6-2/h7-10,15-16,23,26,33-34H,5-6,11-14,17-19H2,1-4H3/b20-15+,33-29?. The van der Waals surface area contributed by atoms with E-state index < -0.39 is 12.0 Å².